The van der Waals surface area contributed by atoms with Crippen LogP contribution in [0.15, 0.2) is 28.6 Å². The van der Waals surface area contributed by atoms with E-state index in [0.717, 1.165) is 24.6 Å². The van der Waals surface area contributed by atoms with Gasteiger partial charge in [0.2, 0.25) is 0 Å². The van der Waals surface area contributed by atoms with Gasteiger partial charge in [-0.1, -0.05) is 30.7 Å². The molecule has 0 aliphatic carbocycles. The number of guanidine groups is 1. The van der Waals surface area contributed by atoms with Crippen LogP contribution in [0.3, 0.4) is 0 Å². The minimum absolute atomic E-state index is 0. The third-order valence-corrected chi connectivity index (χ3v) is 4.55. The molecule has 0 saturated heterocycles. The minimum Gasteiger partial charge on any atom is -0.352 e. The summed E-state index contributed by atoms with van der Waals surface area (Å²) in [5.41, 5.74) is 4.95. The van der Waals surface area contributed by atoms with Gasteiger partial charge in [0.25, 0.3) is 0 Å². The first-order valence-electron chi connectivity index (χ1n) is 7.56. The second kappa shape index (κ2) is 9.87. The maximum atomic E-state index is 4.55. The van der Waals surface area contributed by atoms with Crippen LogP contribution in [-0.4, -0.2) is 18.0 Å². The third-order valence-electron chi connectivity index (χ3n) is 3.51. The number of aryl methyl sites for hydroxylation is 3. The van der Waals surface area contributed by atoms with Crippen LogP contribution < -0.4 is 10.6 Å². The van der Waals surface area contributed by atoms with Crippen molar-refractivity contribution >= 4 is 41.3 Å². The third kappa shape index (κ3) is 6.10. The molecule has 0 aliphatic rings. The molecule has 2 aromatic rings. The smallest absolute Gasteiger partial charge is 0.191 e. The number of hydrogen-bond donors (Lipinski definition) is 2. The number of benzene rings is 1. The van der Waals surface area contributed by atoms with Crippen LogP contribution in [0.5, 0.6) is 0 Å². The molecule has 0 saturated carbocycles. The van der Waals surface area contributed by atoms with E-state index in [9.17, 15) is 0 Å². The zero-order valence-corrected chi connectivity index (χ0v) is 17.3. The van der Waals surface area contributed by atoms with Crippen LogP contribution in [-0.2, 0) is 19.5 Å². The van der Waals surface area contributed by atoms with Crippen molar-refractivity contribution in [2.75, 3.05) is 7.05 Å². The molecule has 0 radical (unpaired) electrons. The molecule has 0 atom stereocenters. The van der Waals surface area contributed by atoms with Crippen molar-refractivity contribution < 1.29 is 0 Å². The summed E-state index contributed by atoms with van der Waals surface area (Å²) in [6.45, 7) is 7.84. The number of hydrogen-bond acceptors (Lipinski definition) is 3. The van der Waals surface area contributed by atoms with Crippen LogP contribution in [0.25, 0.3) is 0 Å². The number of aromatic nitrogens is 1. The van der Waals surface area contributed by atoms with Gasteiger partial charge < -0.3 is 10.6 Å². The standard InChI is InChI=1S/C17H24N4S.HI/c1-5-16-21-15(11-22-16)10-20-17(18-4)19-9-14-7-6-12(2)8-13(14)3;/h6-8,11H,5,9-10H2,1-4H3,(H2,18,19,20);1H. The van der Waals surface area contributed by atoms with E-state index in [1.165, 1.54) is 21.7 Å². The number of thiazole rings is 1. The van der Waals surface area contributed by atoms with Gasteiger partial charge in [-0.15, -0.1) is 35.3 Å². The Kier molecular flexibility index (Phi) is 8.54. The normalized spacial score (nSPS) is 11.0. The summed E-state index contributed by atoms with van der Waals surface area (Å²) in [7, 11) is 1.79. The van der Waals surface area contributed by atoms with Crippen molar-refractivity contribution in [2.24, 2.45) is 4.99 Å². The van der Waals surface area contributed by atoms with E-state index in [-0.39, 0.29) is 24.0 Å². The van der Waals surface area contributed by atoms with E-state index in [1.807, 2.05) is 0 Å². The summed E-state index contributed by atoms with van der Waals surface area (Å²) in [5.74, 6) is 0.797. The topological polar surface area (TPSA) is 49.3 Å². The Morgan fingerprint density at radius 2 is 1.96 bits per heavy atom. The molecule has 0 unspecified atom stereocenters. The van der Waals surface area contributed by atoms with E-state index in [1.54, 1.807) is 18.4 Å². The fraction of sp³-hybridized carbons (Fsp3) is 0.412. The van der Waals surface area contributed by atoms with Crippen LogP contribution in [0.4, 0.5) is 0 Å². The van der Waals surface area contributed by atoms with Crippen LogP contribution in [0.1, 0.15) is 34.3 Å². The highest BCUT2D eigenvalue weighted by Gasteiger charge is 2.04. The zero-order valence-electron chi connectivity index (χ0n) is 14.1. The number of aliphatic imine (C=N–C) groups is 1. The average molecular weight is 444 g/mol. The molecule has 0 spiro atoms. The van der Waals surface area contributed by atoms with Gasteiger partial charge in [0.05, 0.1) is 17.2 Å². The van der Waals surface area contributed by atoms with Gasteiger partial charge in [-0.25, -0.2) is 4.98 Å². The Labute approximate surface area is 159 Å². The maximum Gasteiger partial charge on any atom is 0.191 e. The summed E-state index contributed by atoms with van der Waals surface area (Å²) in [5, 5.41) is 9.94. The average Bonchev–Trinajstić information content (AvgIpc) is 2.97. The lowest BCUT2D eigenvalue weighted by molar-refractivity contribution is 0.792. The van der Waals surface area contributed by atoms with Crippen molar-refractivity contribution in [3.8, 4) is 0 Å². The predicted octanol–water partition coefficient (Wildman–Crippen LogP) is 3.81. The molecule has 0 amide bonds. The lowest BCUT2D eigenvalue weighted by atomic mass is 10.1. The highest BCUT2D eigenvalue weighted by Crippen LogP contribution is 2.11. The van der Waals surface area contributed by atoms with Crippen molar-refractivity contribution in [3.63, 3.8) is 0 Å². The highest BCUT2D eigenvalue weighted by molar-refractivity contribution is 14.0. The molecule has 4 nitrogen and oxygen atoms in total. The first-order valence-corrected chi connectivity index (χ1v) is 8.44. The molecule has 1 aromatic carbocycles. The van der Waals surface area contributed by atoms with E-state index >= 15 is 0 Å². The summed E-state index contributed by atoms with van der Waals surface area (Å²) in [6.07, 6.45) is 0.990. The van der Waals surface area contributed by atoms with Crippen molar-refractivity contribution in [2.45, 2.75) is 40.3 Å². The molecule has 1 heterocycles. The monoisotopic (exact) mass is 444 g/mol. The molecule has 0 aliphatic heterocycles. The van der Waals surface area contributed by atoms with Crippen LogP contribution >= 0.6 is 35.3 Å². The Hall–Kier alpha value is -1.15. The molecule has 23 heavy (non-hydrogen) atoms. The summed E-state index contributed by atoms with van der Waals surface area (Å²) < 4.78 is 0. The van der Waals surface area contributed by atoms with E-state index in [4.69, 9.17) is 0 Å². The van der Waals surface area contributed by atoms with Gasteiger partial charge in [0.1, 0.15) is 0 Å². The second-order valence-corrected chi connectivity index (χ2v) is 6.24. The first kappa shape index (κ1) is 19.9. The first-order chi connectivity index (χ1) is 10.6. The van der Waals surface area contributed by atoms with Crippen LogP contribution in [0, 0.1) is 13.8 Å². The quantitative estimate of drug-likeness (QED) is 0.419. The molecule has 0 fully saturated rings. The largest absolute Gasteiger partial charge is 0.352 e. The fourth-order valence-electron chi connectivity index (χ4n) is 2.21. The molecule has 2 N–H and O–H groups in total. The van der Waals surface area contributed by atoms with E-state index < -0.39 is 0 Å². The minimum atomic E-state index is 0. The Morgan fingerprint density at radius 3 is 2.57 bits per heavy atom. The zero-order chi connectivity index (χ0) is 15.9. The molecular weight excluding hydrogens is 419 g/mol. The Balaban J connectivity index is 0.00000264. The predicted molar refractivity (Wildman–Crippen MR) is 110 cm³/mol. The fourth-order valence-corrected chi connectivity index (χ4v) is 2.96. The number of halogens is 1. The molecule has 6 heteroatoms. The number of nitrogens with zero attached hydrogens (tertiary/aromatic N) is 2. The van der Waals surface area contributed by atoms with Crippen LogP contribution in [0.2, 0.25) is 0 Å². The van der Waals surface area contributed by atoms with Gasteiger partial charge in [-0.2, -0.15) is 0 Å². The number of rotatable bonds is 5. The van der Waals surface area contributed by atoms with Gasteiger partial charge in [-0.05, 0) is 31.4 Å². The maximum absolute atomic E-state index is 4.55. The van der Waals surface area contributed by atoms with Crippen molar-refractivity contribution in [1.29, 1.82) is 0 Å². The lowest BCUT2D eigenvalue weighted by Crippen LogP contribution is -2.36. The SMILES string of the molecule is CCc1nc(CNC(=NC)NCc2ccc(C)cc2C)cs1.I. The van der Waals surface area contributed by atoms with Gasteiger partial charge in [0.15, 0.2) is 5.96 Å². The second-order valence-electron chi connectivity index (χ2n) is 5.30. The Bertz CT molecular complexity index is 652. The highest BCUT2D eigenvalue weighted by atomic mass is 127. The molecule has 126 valence electrons. The van der Waals surface area contributed by atoms with E-state index in [2.05, 4.69) is 65.0 Å². The molecular formula is C17H25IN4S. The van der Waals surface area contributed by atoms with Gasteiger partial charge >= 0.3 is 0 Å². The van der Waals surface area contributed by atoms with Crippen molar-refractivity contribution in [3.05, 3.63) is 51.0 Å². The molecule has 1 aromatic heterocycles. The summed E-state index contributed by atoms with van der Waals surface area (Å²) in [6, 6.07) is 6.51. The summed E-state index contributed by atoms with van der Waals surface area (Å²) in [4.78, 5) is 8.81. The molecule has 0 bridgehead atoms. The summed E-state index contributed by atoms with van der Waals surface area (Å²) >= 11 is 1.71. The van der Waals surface area contributed by atoms with E-state index in [0.29, 0.717) is 6.54 Å². The molecule has 2 rings (SSSR count). The van der Waals surface area contributed by atoms with Gasteiger partial charge in [-0.3, -0.25) is 4.99 Å². The Morgan fingerprint density at radius 1 is 1.22 bits per heavy atom. The lowest BCUT2D eigenvalue weighted by Gasteiger charge is -2.13. The van der Waals surface area contributed by atoms with Gasteiger partial charge in [0, 0.05) is 19.0 Å². The number of nitrogens with one attached hydrogen (secondary N) is 2. The van der Waals surface area contributed by atoms with Crippen molar-refractivity contribution in [1.82, 2.24) is 15.6 Å².